The third kappa shape index (κ3) is 3.86. The van der Waals surface area contributed by atoms with Crippen LogP contribution in [0.15, 0.2) is 78.4 Å². The van der Waals surface area contributed by atoms with Crippen LogP contribution in [0.5, 0.6) is 0 Å². The summed E-state index contributed by atoms with van der Waals surface area (Å²) in [5, 5.41) is 5.85. The first kappa shape index (κ1) is 20.3. The summed E-state index contributed by atoms with van der Waals surface area (Å²) in [7, 11) is 0. The van der Waals surface area contributed by atoms with Crippen LogP contribution in [0.2, 0.25) is 0 Å². The molecule has 0 atom stereocenters. The maximum Gasteiger partial charge on any atom is 0.141 e. The number of anilines is 1. The molecule has 33 heavy (non-hydrogen) atoms. The number of nitrogens with zero attached hydrogens (tertiary/aromatic N) is 3. The lowest BCUT2D eigenvalue weighted by atomic mass is 10.0. The summed E-state index contributed by atoms with van der Waals surface area (Å²) in [6, 6.07) is 21.9. The van der Waals surface area contributed by atoms with Gasteiger partial charge in [-0.1, -0.05) is 54.6 Å². The van der Waals surface area contributed by atoms with Crippen LogP contribution in [0.25, 0.3) is 32.1 Å². The minimum atomic E-state index is -0.222. The molecule has 4 nitrogen and oxygen atoms in total. The topological polar surface area (TPSA) is 33.5 Å². The fourth-order valence-corrected chi connectivity index (χ4v) is 5.78. The number of fused-ring (bicyclic) bond motifs is 2. The Morgan fingerprint density at radius 1 is 0.909 bits per heavy atom. The Labute approximate surface area is 195 Å². The van der Waals surface area contributed by atoms with E-state index in [0.717, 1.165) is 59.9 Å². The molecule has 1 saturated heterocycles. The van der Waals surface area contributed by atoms with Crippen LogP contribution in [0.4, 0.5) is 10.2 Å². The van der Waals surface area contributed by atoms with Gasteiger partial charge in [0.1, 0.15) is 29.3 Å². The van der Waals surface area contributed by atoms with E-state index in [1.807, 2.05) is 12.1 Å². The number of hydrogen-bond acceptors (Lipinski definition) is 4. The standard InChI is InChI=1S/C27H23FN4S/c28-22-10-8-20(9-11-22)24-17-33-27-25(24)26(29-18-30-27)32-14-12-31(13-15-32)16-21-6-3-5-19-4-1-2-7-23(19)21/h1-11,17-18H,12-16H2/p+1. The van der Waals surface area contributed by atoms with Crippen molar-refractivity contribution >= 4 is 38.1 Å². The molecule has 0 unspecified atom stereocenters. The van der Waals surface area contributed by atoms with Gasteiger partial charge in [0.15, 0.2) is 0 Å². The van der Waals surface area contributed by atoms with Crippen LogP contribution >= 0.6 is 11.3 Å². The molecule has 1 fully saturated rings. The predicted molar refractivity (Wildman–Crippen MR) is 133 cm³/mol. The number of thiophene rings is 1. The van der Waals surface area contributed by atoms with E-state index in [4.69, 9.17) is 4.98 Å². The number of halogens is 1. The van der Waals surface area contributed by atoms with E-state index < -0.39 is 0 Å². The molecule has 1 aliphatic heterocycles. The summed E-state index contributed by atoms with van der Waals surface area (Å²) < 4.78 is 13.5. The molecule has 3 heterocycles. The average molecular weight is 456 g/mol. The van der Waals surface area contributed by atoms with Gasteiger partial charge in [0.2, 0.25) is 0 Å². The van der Waals surface area contributed by atoms with Gasteiger partial charge in [-0.25, -0.2) is 14.4 Å². The number of aromatic nitrogens is 2. The van der Waals surface area contributed by atoms with E-state index in [1.54, 1.807) is 22.6 Å². The van der Waals surface area contributed by atoms with Gasteiger partial charge in [-0.05, 0) is 28.5 Å². The van der Waals surface area contributed by atoms with E-state index in [-0.39, 0.29) is 5.82 Å². The van der Waals surface area contributed by atoms with Crippen molar-refractivity contribution in [2.24, 2.45) is 0 Å². The van der Waals surface area contributed by atoms with Gasteiger partial charge in [0.25, 0.3) is 0 Å². The Morgan fingerprint density at radius 3 is 2.55 bits per heavy atom. The van der Waals surface area contributed by atoms with Crippen LogP contribution in [-0.4, -0.2) is 36.1 Å². The molecule has 1 aliphatic rings. The van der Waals surface area contributed by atoms with Gasteiger partial charge in [-0.3, -0.25) is 0 Å². The molecule has 5 aromatic rings. The third-order valence-electron chi connectivity index (χ3n) is 6.60. The summed E-state index contributed by atoms with van der Waals surface area (Å²) >= 11 is 1.62. The second kappa shape index (κ2) is 8.54. The number of quaternary nitrogens is 1. The highest BCUT2D eigenvalue weighted by molar-refractivity contribution is 7.17. The summed E-state index contributed by atoms with van der Waals surface area (Å²) in [5.41, 5.74) is 3.49. The maximum atomic E-state index is 13.5. The van der Waals surface area contributed by atoms with Crippen molar-refractivity contribution < 1.29 is 9.29 Å². The summed E-state index contributed by atoms with van der Waals surface area (Å²) in [6.07, 6.45) is 1.66. The average Bonchev–Trinajstić information content (AvgIpc) is 3.30. The van der Waals surface area contributed by atoms with Crippen molar-refractivity contribution in [3.05, 3.63) is 89.8 Å². The molecule has 2 aromatic heterocycles. The van der Waals surface area contributed by atoms with Crippen molar-refractivity contribution in [1.29, 1.82) is 0 Å². The fraction of sp³-hybridized carbons (Fsp3) is 0.185. The van der Waals surface area contributed by atoms with E-state index in [0.29, 0.717) is 0 Å². The van der Waals surface area contributed by atoms with Crippen molar-refractivity contribution in [3.8, 4) is 11.1 Å². The minimum absolute atomic E-state index is 0.222. The molecule has 0 radical (unpaired) electrons. The largest absolute Gasteiger partial charge is 0.345 e. The lowest BCUT2D eigenvalue weighted by Crippen LogP contribution is -3.13. The fourth-order valence-electron chi connectivity index (χ4n) is 4.87. The van der Waals surface area contributed by atoms with E-state index in [1.165, 1.54) is 28.5 Å². The molecule has 0 aliphatic carbocycles. The van der Waals surface area contributed by atoms with Crippen molar-refractivity contribution in [1.82, 2.24) is 9.97 Å². The first-order valence-electron chi connectivity index (χ1n) is 11.3. The third-order valence-corrected chi connectivity index (χ3v) is 7.48. The highest BCUT2D eigenvalue weighted by Gasteiger charge is 2.25. The Hall–Kier alpha value is -3.35. The number of hydrogen-bond donors (Lipinski definition) is 1. The molecule has 6 rings (SSSR count). The second-order valence-electron chi connectivity index (χ2n) is 8.59. The van der Waals surface area contributed by atoms with Crippen LogP contribution in [0, 0.1) is 5.82 Å². The minimum Gasteiger partial charge on any atom is -0.345 e. The molecule has 164 valence electrons. The molecule has 0 saturated carbocycles. The smallest absolute Gasteiger partial charge is 0.141 e. The summed E-state index contributed by atoms with van der Waals surface area (Å²) in [4.78, 5) is 14.2. The van der Waals surface area contributed by atoms with Crippen LogP contribution < -0.4 is 9.80 Å². The van der Waals surface area contributed by atoms with Gasteiger partial charge in [-0.2, -0.15) is 0 Å². The maximum absolute atomic E-state index is 13.5. The van der Waals surface area contributed by atoms with E-state index >= 15 is 0 Å². The molecule has 0 bridgehead atoms. The van der Waals surface area contributed by atoms with E-state index in [2.05, 4.69) is 57.7 Å². The van der Waals surface area contributed by atoms with Crippen LogP contribution in [0.3, 0.4) is 0 Å². The highest BCUT2D eigenvalue weighted by Crippen LogP contribution is 2.37. The Bertz CT molecular complexity index is 1420. The summed E-state index contributed by atoms with van der Waals surface area (Å²) in [6.45, 7) is 5.05. The zero-order chi connectivity index (χ0) is 22.2. The predicted octanol–water partition coefficient (Wildman–Crippen LogP) is 4.56. The number of rotatable bonds is 4. The van der Waals surface area contributed by atoms with Gasteiger partial charge in [0.05, 0.1) is 31.6 Å². The zero-order valence-electron chi connectivity index (χ0n) is 18.2. The number of piperazine rings is 1. The summed E-state index contributed by atoms with van der Waals surface area (Å²) in [5.74, 6) is 0.768. The second-order valence-corrected chi connectivity index (χ2v) is 9.44. The van der Waals surface area contributed by atoms with Crippen molar-refractivity contribution in [2.75, 3.05) is 31.1 Å². The first-order valence-corrected chi connectivity index (χ1v) is 12.2. The normalized spacial score (nSPS) is 14.9. The zero-order valence-corrected chi connectivity index (χ0v) is 19.0. The lowest BCUT2D eigenvalue weighted by Gasteiger charge is -2.33. The van der Waals surface area contributed by atoms with E-state index in [9.17, 15) is 4.39 Å². The molecule has 1 N–H and O–H groups in total. The molecular formula is C27H24FN4S+. The first-order chi connectivity index (χ1) is 16.3. The van der Waals surface area contributed by atoms with Gasteiger partial charge < -0.3 is 9.80 Å². The number of benzene rings is 3. The molecular weight excluding hydrogens is 431 g/mol. The molecule has 0 amide bonds. The Morgan fingerprint density at radius 2 is 1.70 bits per heavy atom. The van der Waals surface area contributed by atoms with Crippen LogP contribution in [-0.2, 0) is 6.54 Å². The lowest BCUT2D eigenvalue weighted by molar-refractivity contribution is -0.914. The number of nitrogens with one attached hydrogen (secondary N) is 1. The van der Waals surface area contributed by atoms with Gasteiger partial charge >= 0.3 is 0 Å². The van der Waals surface area contributed by atoms with Gasteiger partial charge in [-0.15, -0.1) is 11.3 Å². The van der Waals surface area contributed by atoms with Crippen LogP contribution in [0.1, 0.15) is 5.56 Å². The quantitative estimate of drug-likeness (QED) is 0.432. The van der Waals surface area contributed by atoms with Gasteiger partial charge in [0, 0.05) is 16.5 Å². The van der Waals surface area contributed by atoms with Crippen molar-refractivity contribution in [2.45, 2.75) is 6.54 Å². The van der Waals surface area contributed by atoms with Crippen molar-refractivity contribution in [3.63, 3.8) is 0 Å². The Kier molecular flexibility index (Phi) is 5.24. The molecule has 0 spiro atoms. The monoisotopic (exact) mass is 455 g/mol. The SMILES string of the molecule is Fc1ccc(-c2csc3ncnc(N4CC[NH+](Cc5cccc6ccccc56)CC4)c23)cc1. The molecule has 3 aromatic carbocycles. The Balaban J connectivity index is 1.24. The highest BCUT2D eigenvalue weighted by atomic mass is 32.1. The molecule has 6 heteroatoms.